The van der Waals surface area contributed by atoms with Gasteiger partial charge in [0.15, 0.2) is 5.82 Å². The van der Waals surface area contributed by atoms with Crippen molar-refractivity contribution >= 4 is 38.9 Å². The van der Waals surface area contributed by atoms with E-state index in [0.29, 0.717) is 4.47 Å². The van der Waals surface area contributed by atoms with Gasteiger partial charge in [-0.2, -0.15) is 0 Å². The van der Waals surface area contributed by atoms with Crippen molar-refractivity contribution in [1.82, 2.24) is 0 Å². The first kappa shape index (κ1) is 14.9. The van der Waals surface area contributed by atoms with Crippen LogP contribution in [0.5, 0.6) is 0 Å². The van der Waals surface area contributed by atoms with Crippen LogP contribution in [0.4, 0.5) is 21.5 Å². The predicted molar refractivity (Wildman–Crippen MR) is 79.6 cm³/mol. The van der Waals surface area contributed by atoms with E-state index in [1.165, 1.54) is 6.07 Å². The molecule has 0 aliphatic rings. The molecule has 6 nitrogen and oxygen atoms in total. The van der Waals surface area contributed by atoms with Crippen molar-refractivity contribution in [3.63, 3.8) is 0 Å². The smallest absolute Gasteiger partial charge is 0.272 e. The number of nitrogens with one attached hydrogen (secondary N) is 1. The van der Waals surface area contributed by atoms with E-state index in [1.54, 1.807) is 12.1 Å². The Morgan fingerprint density at radius 1 is 1.29 bits per heavy atom. The fourth-order valence-corrected chi connectivity index (χ4v) is 2.03. The maximum Gasteiger partial charge on any atom is 0.272 e. The molecule has 2 rings (SSSR count). The lowest BCUT2D eigenvalue weighted by Gasteiger charge is -2.08. The van der Waals surface area contributed by atoms with E-state index < -0.39 is 22.3 Å². The molecule has 0 aromatic heterocycles. The summed E-state index contributed by atoms with van der Waals surface area (Å²) in [7, 11) is 0. The van der Waals surface area contributed by atoms with Crippen molar-refractivity contribution in [2.75, 3.05) is 11.1 Å². The van der Waals surface area contributed by atoms with Crippen LogP contribution in [0.1, 0.15) is 10.4 Å². The molecule has 0 bridgehead atoms. The standard InChI is InChI=1S/C13H9BrFN3O3/c14-7-1-3-9(11(16)5-7)13(19)17-12-4-2-8(18(20)21)6-10(12)15/h1-6H,16H2,(H,17,19). The molecule has 0 saturated heterocycles. The highest BCUT2D eigenvalue weighted by Gasteiger charge is 2.15. The molecule has 0 heterocycles. The number of nitrogen functional groups attached to an aromatic ring is 1. The Morgan fingerprint density at radius 2 is 2.00 bits per heavy atom. The third kappa shape index (κ3) is 3.34. The maximum absolute atomic E-state index is 13.7. The number of anilines is 2. The Balaban J connectivity index is 2.25. The summed E-state index contributed by atoms with van der Waals surface area (Å²) < 4.78 is 14.4. The van der Waals surface area contributed by atoms with E-state index in [9.17, 15) is 19.3 Å². The normalized spacial score (nSPS) is 10.2. The third-order valence-electron chi connectivity index (χ3n) is 2.67. The van der Waals surface area contributed by atoms with Crippen LogP contribution < -0.4 is 11.1 Å². The Hall–Kier alpha value is -2.48. The molecule has 0 unspecified atom stereocenters. The van der Waals surface area contributed by atoms with Gasteiger partial charge < -0.3 is 11.1 Å². The number of nitrogens with two attached hydrogens (primary N) is 1. The molecular formula is C13H9BrFN3O3. The van der Waals surface area contributed by atoms with Gasteiger partial charge in [-0.1, -0.05) is 15.9 Å². The molecule has 2 aromatic rings. The highest BCUT2D eigenvalue weighted by molar-refractivity contribution is 9.10. The van der Waals surface area contributed by atoms with E-state index in [0.717, 1.165) is 18.2 Å². The van der Waals surface area contributed by atoms with Gasteiger partial charge in [0.2, 0.25) is 0 Å². The van der Waals surface area contributed by atoms with Crippen molar-refractivity contribution in [2.24, 2.45) is 0 Å². The first-order valence-corrected chi connectivity index (χ1v) is 6.48. The Bertz CT molecular complexity index is 737. The minimum Gasteiger partial charge on any atom is -0.398 e. The average molecular weight is 354 g/mol. The van der Waals surface area contributed by atoms with Gasteiger partial charge in [0.1, 0.15) is 0 Å². The van der Waals surface area contributed by atoms with E-state index in [2.05, 4.69) is 21.2 Å². The number of halogens is 2. The van der Waals surface area contributed by atoms with Gasteiger partial charge in [0, 0.05) is 16.2 Å². The van der Waals surface area contributed by atoms with E-state index >= 15 is 0 Å². The summed E-state index contributed by atoms with van der Waals surface area (Å²) in [6.07, 6.45) is 0. The van der Waals surface area contributed by atoms with Crippen molar-refractivity contribution in [2.45, 2.75) is 0 Å². The molecule has 8 heteroatoms. The van der Waals surface area contributed by atoms with Gasteiger partial charge in [-0.25, -0.2) is 4.39 Å². The summed E-state index contributed by atoms with van der Waals surface area (Å²) in [5, 5.41) is 12.8. The van der Waals surface area contributed by atoms with Gasteiger partial charge >= 0.3 is 0 Å². The number of carbonyl (C=O) groups excluding carboxylic acids is 1. The zero-order chi connectivity index (χ0) is 15.6. The molecule has 2 aromatic carbocycles. The third-order valence-corrected chi connectivity index (χ3v) is 3.16. The fourth-order valence-electron chi connectivity index (χ4n) is 1.65. The average Bonchev–Trinajstić information content (AvgIpc) is 2.40. The zero-order valence-corrected chi connectivity index (χ0v) is 12.1. The first-order valence-electron chi connectivity index (χ1n) is 5.69. The van der Waals surface area contributed by atoms with E-state index in [4.69, 9.17) is 5.73 Å². The van der Waals surface area contributed by atoms with Crippen LogP contribution in [0, 0.1) is 15.9 Å². The van der Waals surface area contributed by atoms with Crippen LogP contribution in [0.15, 0.2) is 40.9 Å². The van der Waals surface area contributed by atoms with Gasteiger partial charge in [-0.15, -0.1) is 0 Å². The maximum atomic E-state index is 13.7. The van der Waals surface area contributed by atoms with Gasteiger partial charge in [-0.05, 0) is 24.3 Å². The summed E-state index contributed by atoms with van der Waals surface area (Å²) in [6.45, 7) is 0. The number of non-ortho nitro benzene ring substituents is 1. The number of nitro groups is 1. The predicted octanol–water partition coefficient (Wildman–Crippen LogP) is 3.33. The van der Waals surface area contributed by atoms with E-state index in [1.807, 2.05) is 0 Å². The van der Waals surface area contributed by atoms with Crippen LogP contribution >= 0.6 is 15.9 Å². The molecule has 0 spiro atoms. The number of rotatable bonds is 3. The van der Waals surface area contributed by atoms with Gasteiger partial charge in [0.25, 0.3) is 11.6 Å². The SMILES string of the molecule is Nc1cc(Br)ccc1C(=O)Nc1ccc([N+](=O)[O-])cc1F. The number of amides is 1. The lowest BCUT2D eigenvalue weighted by atomic mass is 10.1. The largest absolute Gasteiger partial charge is 0.398 e. The molecular weight excluding hydrogens is 345 g/mol. The zero-order valence-electron chi connectivity index (χ0n) is 10.5. The van der Waals surface area contributed by atoms with Crippen molar-refractivity contribution in [3.05, 3.63) is 62.4 Å². The number of nitrogens with zero attached hydrogens (tertiary/aromatic N) is 1. The molecule has 3 N–H and O–H groups in total. The second kappa shape index (κ2) is 5.88. The summed E-state index contributed by atoms with van der Waals surface area (Å²) in [4.78, 5) is 21.8. The number of nitro benzene ring substituents is 1. The summed E-state index contributed by atoms with van der Waals surface area (Å²) >= 11 is 3.21. The van der Waals surface area contributed by atoms with Crippen LogP contribution in [0.25, 0.3) is 0 Å². The van der Waals surface area contributed by atoms with Crippen LogP contribution in [0.2, 0.25) is 0 Å². The summed E-state index contributed by atoms with van der Waals surface area (Å²) in [5.41, 5.74) is 5.55. The van der Waals surface area contributed by atoms with Gasteiger partial charge in [0.05, 0.1) is 22.2 Å². The van der Waals surface area contributed by atoms with E-state index in [-0.39, 0.29) is 16.9 Å². The lowest BCUT2D eigenvalue weighted by molar-refractivity contribution is -0.385. The number of hydrogen-bond acceptors (Lipinski definition) is 4. The minimum absolute atomic E-state index is 0.159. The molecule has 0 saturated carbocycles. The van der Waals surface area contributed by atoms with Crippen LogP contribution in [-0.2, 0) is 0 Å². The van der Waals surface area contributed by atoms with Crippen molar-refractivity contribution < 1.29 is 14.1 Å². The lowest BCUT2D eigenvalue weighted by Crippen LogP contribution is -2.15. The highest BCUT2D eigenvalue weighted by Crippen LogP contribution is 2.23. The second-order valence-electron chi connectivity index (χ2n) is 4.11. The Labute approximate surface area is 127 Å². The van der Waals surface area contributed by atoms with Crippen molar-refractivity contribution in [3.8, 4) is 0 Å². The molecule has 0 aliphatic heterocycles. The number of benzene rings is 2. The molecule has 1 amide bonds. The number of hydrogen-bond donors (Lipinski definition) is 2. The molecule has 0 fully saturated rings. The van der Waals surface area contributed by atoms with Crippen LogP contribution in [-0.4, -0.2) is 10.8 Å². The van der Waals surface area contributed by atoms with Crippen molar-refractivity contribution in [1.29, 1.82) is 0 Å². The van der Waals surface area contributed by atoms with Crippen LogP contribution in [0.3, 0.4) is 0 Å². The molecule has 108 valence electrons. The molecule has 0 atom stereocenters. The molecule has 21 heavy (non-hydrogen) atoms. The molecule has 0 aliphatic carbocycles. The topological polar surface area (TPSA) is 98.3 Å². The Kier molecular flexibility index (Phi) is 4.18. The second-order valence-corrected chi connectivity index (χ2v) is 5.02. The fraction of sp³-hybridized carbons (Fsp3) is 0. The summed E-state index contributed by atoms with van der Waals surface area (Å²) in [6, 6.07) is 7.61. The monoisotopic (exact) mass is 353 g/mol. The Morgan fingerprint density at radius 3 is 2.57 bits per heavy atom. The summed E-state index contributed by atoms with van der Waals surface area (Å²) in [5.74, 6) is -1.50. The molecule has 0 radical (unpaired) electrons. The first-order chi connectivity index (χ1) is 9.88. The van der Waals surface area contributed by atoms with Gasteiger partial charge in [-0.3, -0.25) is 14.9 Å². The minimum atomic E-state index is -0.895. The highest BCUT2D eigenvalue weighted by atomic mass is 79.9. The quantitative estimate of drug-likeness (QED) is 0.502. The number of carbonyl (C=O) groups is 1.